The smallest absolute Gasteiger partial charge is 0.242 e. The third-order valence-corrected chi connectivity index (χ3v) is 5.91. The summed E-state index contributed by atoms with van der Waals surface area (Å²) in [7, 11) is 0. The summed E-state index contributed by atoms with van der Waals surface area (Å²) in [5.74, 6) is 0.289. The standard InChI is InChI=1S/C19H27ClN2O2.ClH/c20-16-6-4-14(5-7-16)17(23)15-8-12-22(13-9-15)18(24)19(21)10-2-1-3-11-19;/h4-7,15,17,23H,1-3,8-13,21H2;1H. The van der Waals surface area contributed by atoms with Crippen LogP contribution in [0.3, 0.4) is 0 Å². The summed E-state index contributed by atoms with van der Waals surface area (Å²) in [5, 5.41) is 11.3. The van der Waals surface area contributed by atoms with E-state index in [2.05, 4.69) is 0 Å². The van der Waals surface area contributed by atoms with Gasteiger partial charge in [0.1, 0.15) is 0 Å². The Labute approximate surface area is 161 Å². The van der Waals surface area contributed by atoms with Crippen molar-refractivity contribution in [3.63, 3.8) is 0 Å². The minimum Gasteiger partial charge on any atom is -0.388 e. The summed E-state index contributed by atoms with van der Waals surface area (Å²) < 4.78 is 0. The van der Waals surface area contributed by atoms with Crippen LogP contribution in [0.2, 0.25) is 5.02 Å². The van der Waals surface area contributed by atoms with Crippen molar-refractivity contribution >= 4 is 29.9 Å². The summed E-state index contributed by atoms with van der Waals surface area (Å²) in [5.41, 5.74) is 6.62. The van der Waals surface area contributed by atoms with Crippen molar-refractivity contribution in [1.29, 1.82) is 0 Å². The molecule has 1 saturated heterocycles. The molecular formula is C19H28Cl2N2O2. The molecule has 2 aliphatic rings. The molecule has 0 aromatic heterocycles. The molecule has 1 aliphatic heterocycles. The Balaban J connectivity index is 0.00000225. The zero-order valence-corrected chi connectivity index (χ0v) is 16.1. The monoisotopic (exact) mass is 386 g/mol. The average Bonchev–Trinajstić information content (AvgIpc) is 2.62. The molecule has 1 atom stereocenters. The van der Waals surface area contributed by atoms with Crippen LogP contribution in [0.1, 0.15) is 56.6 Å². The van der Waals surface area contributed by atoms with Crippen LogP contribution in [0, 0.1) is 5.92 Å². The third kappa shape index (κ3) is 4.68. The van der Waals surface area contributed by atoms with Crippen LogP contribution < -0.4 is 5.73 Å². The first kappa shape index (κ1) is 20.5. The number of aliphatic hydroxyl groups excluding tert-OH is 1. The number of piperidine rings is 1. The number of aliphatic hydroxyl groups is 1. The first-order chi connectivity index (χ1) is 11.5. The maximum atomic E-state index is 12.8. The Morgan fingerprint density at radius 1 is 1.16 bits per heavy atom. The second-order valence-corrected chi connectivity index (χ2v) is 7.78. The molecule has 3 N–H and O–H groups in total. The summed E-state index contributed by atoms with van der Waals surface area (Å²) in [6.07, 6.45) is 6.01. The minimum absolute atomic E-state index is 0. The summed E-state index contributed by atoms with van der Waals surface area (Å²) >= 11 is 5.91. The van der Waals surface area contributed by atoms with Crippen molar-refractivity contribution in [2.24, 2.45) is 11.7 Å². The number of carbonyl (C=O) groups is 1. The number of carbonyl (C=O) groups excluding carboxylic acids is 1. The predicted octanol–water partition coefficient (Wildman–Crippen LogP) is 3.70. The molecule has 6 heteroatoms. The quantitative estimate of drug-likeness (QED) is 0.831. The molecule has 0 spiro atoms. The van der Waals surface area contributed by atoms with E-state index in [9.17, 15) is 9.90 Å². The first-order valence-corrected chi connectivity index (χ1v) is 9.39. The van der Waals surface area contributed by atoms with Gasteiger partial charge in [0.15, 0.2) is 0 Å². The number of halogens is 2. The van der Waals surface area contributed by atoms with Gasteiger partial charge in [0.2, 0.25) is 5.91 Å². The highest BCUT2D eigenvalue weighted by Crippen LogP contribution is 2.33. The normalized spacial score (nSPS) is 22.1. The number of hydrogen-bond donors (Lipinski definition) is 2. The molecule has 1 aromatic carbocycles. The molecule has 1 aromatic rings. The van der Waals surface area contributed by atoms with Crippen molar-refractivity contribution in [3.05, 3.63) is 34.9 Å². The fraction of sp³-hybridized carbons (Fsp3) is 0.632. The molecule has 0 bridgehead atoms. The van der Waals surface area contributed by atoms with Crippen molar-refractivity contribution in [2.75, 3.05) is 13.1 Å². The van der Waals surface area contributed by atoms with Gasteiger partial charge in [-0.05, 0) is 49.3 Å². The number of nitrogens with two attached hydrogens (primary N) is 1. The lowest BCUT2D eigenvalue weighted by molar-refractivity contribution is -0.140. The van der Waals surface area contributed by atoms with Crippen molar-refractivity contribution in [1.82, 2.24) is 4.90 Å². The highest BCUT2D eigenvalue weighted by atomic mass is 35.5. The van der Waals surface area contributed by atoms with Crippen LogP contribution in [0.5, 0.6) is 0 Å². The van der Waals surface area contributed by atoms with E-state index in [0.29, 0.717) is 18.1 Å². The number of benzene rings is 1. The van der Waals surface area contributed by atoms with Gasteiger partial charge in [0.25, 0.3) is 0 Å². The highest BCUT2D eigenvalue weighted by molar-refractivity contribution is 6.30. The van der Waals surface area contributed by atoms with E-state index in [1.165, 1.54) is 6.42 Å². The number of hydrogen-bond acceptors (Lipinski definition) is 3. The van der Waals surface area contributed by atoms with Gasteiger partial charge in [0.05, 0.1) is 11.6 Å². The molecule has 1 unspecified atom stereocenters. The average molecular weight is 387 g/mol. The van der Waals surface area contributed by atoms with Crippen LogP contribution >= 0.6 is 24.0 Å². The molecule has 1 heterocycles. The van der Waals surface area contributed by atoms with Crippen LogP contribution in [-0.4, -0.2) is 34.5 Å². The van der Waals surface area contributed by atoms with E-state index in [0.717, 1.165) is 44.1 Å². The molecule has 4 nitrogen and oxygen atoms in total. The Hall–Kier alpha value is -0.810. The molecule has 25 heavy (non-hydrogen) atoms. The molecule has 1 amide bonds. The summed E-state index contributed by atoms with van der Waals surface area (Å²) in [4.78, 5) is 14.7. The van der Waals surface area contributed by atoms with E-state index < -0.39 is 11.6 Å². The molecule has 140 valence electrons. The van der Waals surface area contributed by atoms with Crippen LogP contribution in [0.4, 0.5) is 0 Å². The SMILES string of the molecule is Cl.NC1(C(=O)N2CCC(C(O)c3ccc(Cl)cc3)CC2)CCCCC1. The third-order valence-electron chi connectivity index (χ3n) is 5.66. The van der Waals surface area contributed by atoms with E-state index in [4.69, 9.17) is 17.3 Å². The van der Waals surface area contributed by atoms with Gasteiger partial charge in [-0.3, -0.25) is 4.79 Å². The molecule has 1 saturated carbocycles. The second kappa shape index (κ2) is 8.72. The van der Waals surface area contributed by atoms with Crippen molar-refractivity contribution in [2.45, 2.75) is 56.6 Å². The number of nitrogens with zero attached hydrogens (tertiary/aromatic N) is 1. The largest absolute Gasteiger partial charge is 0.388 e. The molecule has 2 fully saturated rings. The number of likely N-dealkylation sites (tertiary alicyclic amines) is 1. The van der Waals surface area contributed by atoms with Gasteiger partial charge in [0, 0.05) is 18.1 Å². The Morgan fingerprint density at radius 3 is 2.28 bits per heavy atom. The van der Waals surface area contributed by atoms with E-state index >= 15 is 0 Å². The fourth-order valence-electron chi connectivity index (χ4n) is 4.06. The van der Waals surface area contributed by atoms with Crippen LogP contribution in [-0.2, 0) is 4.79 Å². The minimum atomic E-state index is -0.653. The van der Waals surface area contributed by atoms with Crippen molar-refractivity contribution < 1.29 is 9.90 Å². The zero-order chi connectivity index (χ0) is 17.2. The molecule has 0 radical (unpaired) electrons. The summed E-state index contributed by atoms with van der Waals surface area (Å²) in [6, 6.07) is 7.36. The van der Waals surface area contributed by atoms with Gasteiger partial charge in [-0.25, -0.2) is 0 Å². The zero-order valence-electron chi connectivity index (χ0n) is 14.5. The van der Waals surface area contributed by atoms with Gasteiger partial charge >= 0.3 is 0 Å². The maximum Gasteiger partial charge on any atom is 0.242 e. The maximum absolute atomic E-state index is 12.8. The second-order valence-electron chi connectivity index (χ2n) is 7.34. The summed E-state index contributed by atoms with van der Waals surface area (Å²) in [6.45, 7) is 1.38. The van der Waals surface area contributed by atoms with E-state index in [1.54, 1.807) is 12.1 Å². The Bertz CT molecular complexity index is 565. The lowest BCUT2D eigenvalue weighted by Gasteiger charge is -2.40. The van der Waals surface area contributed by atoms with Crippen molar-refractivity contribution in [3.8, 4) is 0 Å². The molecule has 1 aliphatic carbocycles. The van der Waals surface area contributed by atoms with E-state index in [1.807, 2.05) is 17.0 Å². The van der Waals surface area contributed by atoms with Gasteiger partial charge in [-0.1, -0.05) is 43.0 Å². The van der Waals surface area contributed by atoms with E-state index in [-0.39, 0.29) is 24.2 Å². The number of amides is 1. The topological polar surface area (TPSA) is 66.6 Å². The molecule has 3 rings (SSSR count). The lowest BCUT2D eigenvalue weighted by Crippen LogP contribution is -2.57. The fourth-order valence-corrected chi connectivity index (χ4v) is 4.19. The lowest BCUT2D eigenvalue weighted by atomic mass is 9.80. The highest BCUT2D eigenvalue weighted by Gasteiger charge is 2.40. The van der Waals surface area contributed by atoms with Gasteiger partial charge in [-0.2, -0.15) is 0 Å². The first-order valence-electron chi connectivity index (χ1n) is 9.01. The van der Waals surface area contributed by atoms with Crippen LogP contribution in [0.15, 0.2) is 24.3 Å². The Kier molecular flexibility index (Phi) is 7.15. The Morgan fingerprint density at radius 2 is 1.72 bits per heavy atom. The van der Waals surface area contributed by atoms with Gasteiger partial charge < -0.3 is 15.7 Å². The van der Waals surface area contributed by atoms with Gasteiger partial charge in [-0.15, -0.1) is 12.4 Å². The number of rotatable bonds is 3. The van der Waals surface area contributed by atoms with Crippen LogP contribution in [0.25, 0.3) is 0 Å². The molecular weight excluding hydrogens is 359 g/mol. The predicted molar refractivity (Wildman–Crippen MR) is 103 cm³/mol.